The van der Waals surface area contributed by atoms with E-state index in [2.05, 4.69) is 4.99 Å². The predicted molar refractivity (Wildman–Crippen MR) is 129 cm³/mol. The number of amidine groups is 1. The molecule has 4 nitrogen and oxygen atoms in total. The van der Waals surface area contributed by atoms with E-state index in [0.717, 1.165) is 11.8 Å². The van der Waals surface area contributed by atoms with Gasteiger partial charge in [0.05, 0.1) is 21.5 Å². The Balaban J connectivity index is 1.67. The molecule has 1 heterocycles. The smallest absolute Gasteiger partial charge is 0.283 e. The number of hydrogen-bond acceptors (Lipinski definition) is 4. The molecule has 0 unspecified atom stereocenters. The van der Waals surface area contributed by atoms with Crippen LogP contribution in [0.2, 0.25) is 10.0 Å². The van der Waals surface area contributed by atoms with Crippen LogP contribution in [-0.2, 0) is 4.79 Å². The summed E-state index contributed by atoms with van der Waals surface area (Å²) >= 11 is 13.1. The molecule has 0 radical (unpaired) electrons. The molecular formula is C24H15Cl2FN2O2S. The van der Waals surface area contributed by atoms with Gasteiger partial charge in [-0.15, -0.1) is 0 Å². The maximum atomic E-state index is 14.5. The summed E-state index contributed by atoms with van der Waals surface area (Å²) in [5.41, 5.74) is 1.33. The Morgan fingerprint density at radius 3 is 2.44 bits per heavy atom. The summed E-state index contributed by atoms with van der Waals surface area (Å²) in [4.78, 5) is 31.3. The molecule has 0 aromatic heterocycles. The number of anilines is 1. The van der Waals surface area contributed by atoms with Gasteiger partial charge in [0.2, 0.25) is 0 Å². The Kier molecular flexibility index (Phi) is 6.74. The lowest BCUT2D eigenvalue weighted by atomic mass is 10.2. The van der Waals surface area contributed by atoms with Gasteiger partial charge in [-0.1, -0.05) is 83.5 Å². The number of amides is 1. The fourth-order valence-electron chi connectivity index (χ4n) is 3.04. The third-order valence-electron chi connectivity index (χ3n) is 4.60. The number of Topliss-reactive ketones (excluding diaryl/α,β-unsaturated/α-hetero) is 1. The number of carbonyl (C=O) groups is 2. The van der Waals surface area contributed by atoms with Crippen molar-refractivity contribution in [2.45, 2.75) is 0 Å². The first-order valence-electron chi connectivity index (χ1n) is 9.49. The number of hydrogen-bond donors (Lipinski definition) is 0. The average Bonchev–Trinajstić information content (AvgIpc) is 3.10. The quantitative estimate of drug-likeness (QED) is 0.307. The molecule has 1 aliphatic heterocycles. The Hall–Kier alpha value is -2.93. The first-order chi connectivity index (χ1) is 15.4. The largest absolute Gasteiger partial charge is 0.293 e. The van der Waals surface area contributed by atoms with E-state index in [0.29, 0.717) is 21.2 Å². The zero-order chi connectivity index (χ0) is 22.7. The molecule has 32 heavy (non-hydrogen) atoms. The van der Waals surface area contributed by atoms with Crippen molar-refractivity contribution in [2.24, 2.45) is 4.99 Å². The van der Waals surface area contributed by atoms with Crippen molar-refractivity contribution in [1.29, 1.82) is 0 Å². The van der Waals surface area contributed by atoms with Gasteiger partial charge < -0.3 is 0 Å². The van der Waals surface area contributed by atoms with Crippen LogP contribution in [0.3, 0.4) is 0 Å². The number of halogens is 3. The Morgan fingerprint density at radius 2 is 1.72 bits per heavy atom. The molecule has 3 aromatic carbocycles. The van der Waals surface area contributed by atoms with E-state index < -0.39 is 11.7 Å². The van der Waals surface area contributed by atoms with E-state index in [1.54, 1.807) is 54.6 Å². The van der Waals surface area contributed by atoms with Crippen molar-refractivity contribution >= 4 is 63.6 Å². The number of rotatable bonds is 5. The van der Waals surface area contributed by atoms with Gasteiger partial charge in [0.25, 0.3) is 5.91 Å². The van der Waals surface area contributed by atoms with E-state index in [4.69, 9.17) is 23.2 Å². The number of para-hydroxylation sites is 1. The summed E-state index contributed by atoms with van der Waals surface area (Å²) in [6.07, 6.45) is 1.55. The van der Waals surface area contributed by atoms with Crippen LogP contribution < -0.4 is 4.90 Å². The van der Waals surface area contributed by atoms with Crippen molar-refractivity contribution in [3.8, 4) is 0 Å². The van der Waals surface area contributed by atoms with Crippen molar-refractivity contribution in [2.75, 3.05) is 10.7 Å². The number of benzene rings is 3. The molecule has 0 fully saturated rings. The van der Waals surface area contributed by atoms with Crippen LogP contribution in [0.5, 0.6) is 0 Å². The standard InChI is InChI=1S/C24H15Cl2FN2O2S/c25-17-11-10-15(12-18(17)26)13-20-23(31)29(21-9-5-4-8-19(21)27)24(28-20)32-14-22(30)16-6-2-1-3-7-16/h1-13H,14H2/b20-13+. The van der Waals surface area contributed by atoms with Crippen LogP contribution in [0.25, 0.3) is 6.08 Å². The number of ketones is 1. The minimum absolute atomic E-state index is 0.0428. The van der Waals surface area contributed by atoms with Gasteiger partial charge in [0.15, 0.2) is 11.0 Å². The number of nitrogens with zero attached hydrogens (tertiary/aromatic N) is 2. The molecule has 160 valence electrons. The summed E-state index contributed by atoms with van der Waals surface area (Å²) in [7, 11) is 0. The lowest BCUT2D eigenvalue weighted by molar-refractivity contribution is -0.113. The van der Waals surface area contributed by atoms with Crippen LogP contribution in [0.4, 0.5) is 10.1 Å². The zero-order valence-electron chi connectivity index (χ0n) is 16.5. The monoisotopic (exact) mass is 484 g/mol. The minimum Gasteiger partial charge on any atom is -0.293 e. The van der Waals surface area contributed by atoms with E-state index in [1.807, 2.05) is 6.07 Å². The van der Waals surface area contributed by atoms with Crippen molar-refractivity contribution < 1.29 is 14.0 Å². The molecular weight excluding hydrogens is 470 g/mol. The number of carbonyl (C=O) groups excluding carboxylic acids is 2. The van der Waals surface area contributed by atoms with Gasteiger partial charge >= 0.3 is 0 Å². The maximum Gasteiger partial charge on any atom is 0.283 e. The fourth-order valence-corrected chi connectivity index (χ4v) is 4.24. The number of aliphatic imine (C=N–C) groups is 1. The highest BCUT2D eigenvalue weighted by Crippen LogP contribution is 2.32. The molecule has 0 atom stereocenters. The molecule has 0 aliphatic carbocycles. The lowest BCUT2D eigenvalue weighted by Crippen LogP contribution is -2.31. The highest BCUT2D eigenvalue weighted by molar-refractivity contribution is 8.14. The molecule has 0 saturated heterocycles. The van der Waals surface area contributed by atoms with E-state index in [-0.39, 0.29) is 28.1 Å². The maximum absolute atomic E-state index is 14.5. The van der Waals surface area contributed by atoms with Gasteiger partial charge in [0, 0.05) is 5.56 Å². The van der Waals surface area contributed by atoms with Gasteiger partial charge in [-0.3, -0.25) is 14.5 Å². The predicted octanol–water partition coefficient (Wildman–Crippen LogP) is 6.49. The van der Waals surface area contributed by atoms with Crippen molar-refractivity contribution in [1.82, 2.24) is 0 Å². The molecule has 0 spiro atoms. The lowest BCUT2D eigenvalue weighted by Gasteiger charge is -2.18. The Labute approximate surface area is 198 Å². The second-order valence-electron chi connectivity index (χ2n) is 6.77. The molecule has 1 aliphatic rings. The molecule has 0 saturated carbocycles. The Bertz CT molecular complexity index is 1260. The topological polar surface area (TPSA) is 49.7 Å². The Morgan fingerprint density at radius 1 is 1.00 bits per heavy atom. The molecule has 0 bridgehead atoms. The fraction of sp³-hybridized carbons (Fsp3) is 0.0417. The van der Waals surface area contributed by atoms with Gasteiger partial charge in [-0.25, -0.2) is 9.38 Å². The van der Waals surface area contributed by atoms with E-state index in [9.17, 15) is 14.0 Å². The van der Waals surface area contributed by atoms with Crippen LogP contribution in [0.15, 0.2) is 83.5 Å². The normalized spacial score (nSPS) is 14.7. The molecule has 1 amide bonds. The summed E-state index contributed by atoms with van der Waals surface area (Å²) in [5.74, 6) is -1.16. The molecule has 0 N–H and O–H groups in total. The molecule has 4 rings (SSSR count). The second kappa shape index (κ2) is 9.69. The third kappa shape index (κ3) is 4.78. The SMILES string of the molecule is O=C(CSC1=N/C(=C/c2ccc(Cl)c(Cl)c2)C(=O)N1c1ccccc1F)c1ccccc1. The summed E-state index contributed by atoms with van der Waals surface area (Å²) < 4.78 is 14.5. The van der Waals surface area contributed by atoms with Gasteiger partial charge in [-0.2, -0.15) is 0 Å². The van der Waals surface area contributed by atoms with Gasteiger partial charge in [-0.05, 0) is 35.9 Å². The third-order valence-corrected chi connectivity index (χ3v) is 6.28. The summed E-state index contributed by atoms with van der Waals surface area (Å²) in [6.45, 7) is 0. The number of thioether (sulfide) groups is 1. The second-order valence-corrected chi connectivity index (χ2v) is 8.52. The van der Waals surface area contributed by atoms with Crippen LogP contribution in [0, 0.1) is 5.82 Å². The van der Waals surface area contributed by atoms with Crippen LogP contribution >= 0.6 is 35.0 Å². The highest BCUT2D eigenvalue weighted by Gasteiger charge is 2.34. The van der Waals surface area contributed by atoms with E-state index in [1.165, 1.54) is 23.1 Å². The first-order valence-corrected chi connectivity index (χ1v) is 11.2. The summed E-state index contributed by atoms with van der Waals surface area (Å²) in [6, 6.07) is 19.6. The first kappa shape index (κ1) is 22.3. The minimum atomic E-state index is -0.570. The highest BCUT2D eigenvalue weighted by atomic mass is 35.5. The average molecular weight is 485 g/mol. The zero-order valence-corrected chi connectivity index (χ0v) is 18.8. The van der Waals surface area contributed by atoms with Crippen molar-refractivity contribution in [3.63, 3.8) is 0 Å². The molecule has 3 aromatic rings. The van der Waals surface area contributed by atoms with Gasteiger partial charge in [0.1, 0.15) is 11.5 Å². The van der Waals surface area contributed by atoms with Crippen LogP contribution in [-0.4, -0.2) is 22.6 Å². The van der Waals surface area contributed by atoms with Crippen LogP contribution in [0.1, 0.15) is 15.9 Å². The molecule has 8 heteroatoms. The summed E-state index contributed by atoms with van der Waals surface area (Å²) in [5, 5.41) is 0.943. The van der Waals surface area contributed by atoms with E-state index >= 15 is 0 Å². The van der Waals surface area contributed by atoms with Crippen molar-refractivity contribution in [3.05, 3.63) is 105 Å².